The summed E-state index contributed by atoms with van der Waals surface area (Å²) in [5, 5.41) is 6.57. The number of hydrogen-bond donors (Lipinski definition) is 2. The van der Waals surface area contributed by atoms with Crippen molar-refractivity contribution in [1.82, 2.24) is 9.97 Å². The first-order chi connectivity index (χ1) is 11.7. The predicted octanol–water partition coefficient (Wildman–Crippen LogP) is 2.75. The first-order valence-corrected chi connectivity index (χ1v) is 8.00. The Morgan fingerprint density at radius 3 is 2.71 bits per heavy atom. The summed E-state index contributed by atoms with van der Waals surface area (Å²) in [7, 11) is 1.70. The number of fused-ring (bicyclic) bond motifs is 1. The van der Waals surface area contributed by atoms with Crippen molar-refractivity contribution in [2.75, 3.05) is 44.1 Å². The normalized spacial score (nSPS) is 12.8. The summed E-state index contributed by atoms with van der Waals surface area (Å²) in [5.41, 5.74) is 0.891. The van der Waals surface area contributed by atoms with Crippen molar-refractivity contribution in [2.24, 2.45) is 0 Å². The van der Waals surface area contributed by atoms with Crippen LogP contribution in [0.4, 0.5) is 17.3 Å². The molecule has 0 fully saturated rings. The second-order valence-corrected chi connectivity index (χ2v) is 5.44. The number of nitrogens with zero attached hydrogens (tertiary/aromatic N) is 2. The van der Waals surface area contributed by atoms with Crippen LogP contribution in [0.3, 0.4) is 0 Å². The maximum absolute atomic E-state index is 5.60. The van der Waals surface area contributed by atoms with Crippen LogP contribution in [0, 0.1) is 6.92 Å². The number of methoxy groups -OCH3 is 1. The zero-order chi connectivity index (χ0) is 16.8. The number of hydrogen-bond acceptors (Lipinski definition) is 7. The third-order valence-electron chi connectivity index (χ3n) is 3.48. The molecule has 7 nitrogen and oxygen atoms in total. The molecule has 1 aliphatic heterocycles. The Labute approximate surface area is 141 Å². The molecule has 0 aliphatic carbocycles. The van der Waals surface area contributed by atoms with Crippen LogP contribution in [0.2, 0.25) is 0 Å². The molecule has 0 radical (unpaired) electrons. The summed E-state index contributed by atoms with van der Waals surface area (Å²) < 4.78 is 16.2. The zero-order valence-corrected chi connectivity index (χ0v) is 14.0. The van der Waals surface area contributed by atoms with E-state index < -0.39 is 0 Å². The van der Waals surface area contributed by atoms with Gasteiger partial charge in [0.15, 0.2) is 11.5 Å². The van der Waals surface area contributed by atoms with E-state index in [2.05, 4.69) is 20.6 Å². The molecule has 0 saturated carbocycles. The highest BCUT2D eigenvalue weighted by atomic mass is 16.6. The topological polar surface area (TPSA) is 77.5 Å². The van der Waals surface area contributed by atoms with Crippen molar-refractivity contribution < 1.29 is 14.2 Å². The molecule has 2 heterocycles. The van der Waals surface area contributed by atoms with Crippen molar-refractivity contribution in [3.05, 3.63) is 30.1 Å². The molecule has 128 valence electrons. The minimum atomic E-state index is 0.568. The molecular formula is C17H22N4O3. The molecule has 0 amide bonds. The Morgan fingerprint density at radius 1 is 1.08 bits per heavy atom. The van der Waals surface area contributed by atoms with Gasteiger partial charge in [-0.2, -0.15) is 0 Å². The molecule has 1 aromatic heterocycles. The van der Waals surface area contributed by atoms with Gasteiger partial charge in [0.2, 0.25) is 0 Å². The molecule has 3 rings (SSSR count). The number of anilines is 3. The van der Waals surface area contributed by atoms with Crippen LogP contribution < -0.4 is 20.1 Å². The molecule has 0 atom stereocenters. The van der Waals surface area contributed by atoms with E-state index in [1.807, 2.05) is 31.2 Å². The van der Waals surface area contributed by atoms with Gasteiger partial charge in [-0.15, -0.1) is 0 Å². The van der Waals surface area contributed by atoms with Crippen LogP contribution >= 0.6 is 0 Å². The zero-order valence-electron chi connectivity index (χ0n) is 14.0. The summed E-state index contributed by atoms with van der Waals surface area (Å²) in [6.45, 7) is 4.55. The maximum atomic E-state index is 5.60. The van der Waals surface area contributed by atoms with Gasteiger partial charge >= 0.3 is 0 Å². The molecule has 2 aromatic rings. The number of nitrogens with one attached hydrogen (secondary N) is 2. The third kappa shape index (κ3) is 4.26. The van der Waals surface area contributed by atoms with Crippen LogP contribution in [-0.2, 0) is 4.74 Å². The molecule has 0 unspecified atom stereocenters. The second kappa shape index (κ2) is 7.83. The van der Waals surface area contributed by atoms with E-state index >= 15 is 0 Å². The van der Waals surface area contributed by atoms with Crippen molar-refractivity contribution in [1.29, 1.82) is 0 Å². The van der Waals surface area contributed by atoms with Crippen molar-refractivity contribution >= 4 is 17.3 Å². The molecule has 1 aromatic carbocycles. The predicted molar refractivity (Wildman–Crippen MR) is 92.5 cm³/mol. The number of aromatic nitrogens is 2. The summed E-state index contributed by atoms with van der Waals surface area (Å²) in [6, 6.07) is 7.64. The second-order valence-electron chi connectivity index (χ2n) is 5.44. The lowest BCUT2D eigenvalue weighted by Crippen LogP contribution is -2.15. The van der Waals surface area contributed by atoms with E-state index in [1.165, 1.54) is 0 Å². The monoisotopic (exact) mass is 330 g/mol. The molecule has 1 aliphatic rings. The molecule has 0 bridgehead atoms. The molecule has 0 saturated heterocycles. The van der Waals surface area contributed by atoms with Gasteiger partial charge in [-0.25, -0.2) is 9.97 Å². The van der Waals surface area contributed by atoms with Crippen LogP contribution in [0.1, 0.15) is 12.2 Å². The highest BCUT2D eigenvalue weighted by Crippen LogP contribution is 2.33. The van der Waals surface area contributed by atoms with Gasteiger partial charge in [0.05, 0.1) is 0 Å². The van der Waals surface area contributed by atoms with E-state index in [-0.39, 0.29) is 0 Å². The minimum Gasteiger partial charge on any atom is -0.486 e. The largest absolute Gasteiger partial charge is 0.486 e. The number of benzene rings is 1. The van der Waals surface area contributed by atoms with Gasteiger partial charge in [-0.05, 0) is 25.5 Å². The highest BCUT2D eigenvalue weighted by molar-refractivity contribution is 5.63. The van der Waals surface area contributed by atoms with Crippen LogP contribution in [0.15, 0.2) is 24.3 Å². The van der Waals surface area contributed by atoms with Crippen molar-refractivity contribution in [3.63, 3.8) is 0 Å². The van der Waals surface area contributed by atoms with Crippen LogP contribution in [0.5, 0.6) is 11.5 Å². The van der Waals surface area contributed by atoms with Crippen LogP contribution in [-0.4, -0.2) is 43.4 Å². The van der Waals surface area contributed by atoms with Gasteiger partial charge < -0.3 is 24.8 Å². The Bertz CT molecular complexity index is 694. The average molecular weight is 330 g/mol. The van der Waals surface area contributed by atoms with Gasteiger partial charge in [-0.3, -0.25) is 0 Å². The van der Waals surface area contributed by atoms with Gasteiger partial charge in [0.1, 0.15) is 30.7 Å². The van der Waals surface area contributed by atoms with E-state index in [1.54, 1.807) is 7.11 Å². The molecule has 7 heteroatoms. The van der Waals surface area contributed by atoms with E-state index in [4.69, 9.17) is 14.2 Å². The Morgan fingerprint density at radius 2 is 1.88 bits per heavy atom. The van der Waals surface area contributed by atoms with Crippen LogP contribution in [0.25, 0.3) is 0 Å². The SMILES string of the molecule is COCCCNc1cc(Nc2ccc3c(c2)OCCO3)nc(C)n1. The molecule has 2 N–H and O–H groups in total. The molecule has 24 heavy (non-hydrogen) atoms. The fourth-order valence-electron chi connectivity index (χ4n) is 2.42. The molecular weight excluding hydrogens is 308 g/mol. The fraction of sp³-hybridized carbons (Fsp3) is 0.412. The summed E-state index contributed by atoms with van der Waals surface area (Å²) in [5.74, 6) is 3.74. The molecule has 0 spiro atoms. The van der Waals surface area contributed by atoms with Gasteiger partial charge in [0.25, 0.3) is 0 Å². The maximum Gasteiger partial charge on any atom is 0.163 e. The van der Waals surface area contributed by atoms with Crippen molar-refractivity contribution in [2.45, 2.75) is 13.3 Å². The smallest absolute Gasteiger partial charge is 0.163 e. The summed E-state index contributed by atoms with van der Waals surface area (Å²) in [4.78, 5) is 8.82. The first-order valence-electron chi connectivity index (χ1n) is 8.00. The summed E-state index contributed by atoms with van der Waals surface area (Å²) >= 11 is 0. The van der Waals surface area contributed by atoms with Gasteiger partial charge in [-0.1, -0.05) is 0 Å². The Kier molecular flexibility index (Phi) is 5.32. The lowest BCUT2D eigenvalue weighted by molar-refractivity contribution is 0.171. The highest BCUT2D eigenvalue weighted by Gasteiger charge is 2.12. The number of rotatable bonds is 7. The Balaban J connectivity index is 1.69. The average Bonchev–Trinajstić information content (AvgIpc) is 2.58. The minimum absolute atomic E-state index is 0.568. The lowest BCUT2D eigenvalue weighted by atomic mass is 10.2. The van der Waals surface area contributed by atoms with E-state index in [0.29, 0.717) is 19.0 Å². The number of ether oxygens (including phenoxy) is 3. The fourth-order valence-corrected chi connectivity index (χ4v) is 2.42. The standard InChI is InChI=1S/C17H22N4O3/c1-12-19-16(18-6-3-7-22-2)11-17(20-12)21-13-4-5-14-15(10-13)24-9-8-23-14/h4-5,10-11H,3,6-9H2,1-2H3,(H2,18,19,20,21). The Hall–Kier alpha value is -2.54. The third-order valence-corrected chi connectivity index (χ3v) is 3.48. The lowest BCUT2D eigenvalue weighted by Gasteiger charge is -2.19. The van der Waals surface area contributed by atoms with E-state index in [9.17, 15) is 0 Å². The van der Waals surface area contributed by atoms with Crippen molar-refractivity contribution in [3.8, 4) is 11.5 Å². The number of aryl methyl sites for hydroxylation is 1. The first kappa shape index (κ1) is 16.3. The van der Waals surface area contributed by atoms with E-state index in [0.717, 1.165) is 48.4 Å². The summed E-state index contributed by atoms with van der Waals surface area (Å²) in [6.07, 6.45) is 0.921. The quantitative estimate of drug-likeness (QED) is 0.756. The van der Waals surface area contributed by atoms with Gasteiger partial charge in [0, 0.05) is 38.1 Å².